The third-order valence-electron chi connectivity index (χ3n) is 3.92. The lowest BCUT2D eigenvalue weighted by molar-refractivity contribution is 0.267. The molecule has 0 amide bonds. The Morgan fingerprint density at radius 3 is 2.68 bits per heavy atom. The number of halogens is 1. The molecule has 0 radical (unpaired) electrons. The zero-order valence-electron chi connectivity index (χ0n) is 11.7. The summed E-state index contributed by atoms with van der Waals surface area (Å²) >= 11 is 3.49. The molecule has 1 heterocycles. The van der Waals surface area contributed by atoms with E-state index >= 15 is 0 Å². The van der Waals surface area contributed by atoms with E-state index in [0.717, 1.165) is 30.4 Å². The summed E-state index contributed by atoms with van der Waals surface area (Å²) in [5, 5.41) is 12.7. The molecule has 0 aliphatic carbocycles. The van der Waals surface area contributed by atoms with Crippen LogP contribution < -0.4 is 10.2 Å². The van der Waals surface area contributed by atoms with E-state index in [4.69, 9.17) is 5.11 Å². The van der Waals surface area contributed by atoms with Gasteiger partial charge in [-0.05, 0) is 57.5 Å². The van der Waals surface area contributed by atoms with Crippen molar-refractivity contribution in [1.82, 2.24) is 5.32 Å². The average Bonchev–Trinajstić information content (AvgIpc) is 2.50. The van der Waals surface area contributed by atoms with Gasteiger partial charge in [0.2, 0.25) is 0 Å². The first-order valence-corrected chi connectivity index (χ1v) is 7.70. The lowest BCUT2D eigenvalue weighted by atomic mass is 9.97. The number of benzene rings is 1. The van der Waals surface area contributed by atoms with Crippen LogP contribution in [0.2, 0.25) is 0 Å². The Morgan fingerprint density at radius 1 is 1.37 bits per heavy atom. The van der Waals surface area contributed by atoms with Gasteiger partial charge in [0.1, 0.15) is 0 Å². The fourth-order valence-corrected chi connectivity index (χ4v) is 2.94. The van der Waals surface area contributed by atoms with Crippen molar-refractivity contribution in [2.45, 2.75) is 38.3 Å². The number of anilines is 1. The molecule has 0 bridgehead atoms. The monoisotopic (exact) mass is 326 g/mol. The van der Waals surface area contributed by atoms with E-state index in [-0.39, 0.29) is 12.1 Å². The van der Waals surface area contributed by atoms with Gasteiger partial charge in [-0.3, -0.25) is 0 Å². The Balaban J connectivity index is 2.23. The van der Waals surface area contributed by atoms with Crippen molar-refractivity contribution in [1.29, 1.82) is 0 Å². The molecule has 1 atom stereocenters. The molecule has 3 nitrogen and oxygen atoms in total. The molecule has 2 rings (SSSR count). The number of nitrogens with zero attached hydrogens (tertiary/aromatic N) is 1. The summed E-state index contributed by atoms with van der Waals surface area (Å²) in [6.45, 7) is 6.77. The Labute approximate surface area is 124 Å². The summed E-state index contributed by atoms with van der Waals surface area (Å²) in [5.74, 6) is 0. The molecule has 1 unspecified atom stereocenters. The summed E-state index contributed by atoms with van der Waals surface area (Å²) in [6, 6.07) is 8.85. The second-order valence-electron chi connectivity index (χ2n) is 5.81. The third-order valence-corrected chi connectivity index (χ3v) is 4.45. The van der Waals surface area contributed by atoms with E-state index in [2.05, 4.69) is 64.3 Å². The van der Waals surface area contributed by atoms with Crippen LogP contribution in [-0.2, 0) is 0 Å². The minimum atomic E-state index is 0.130. The van der Waals surface area contributed by atoms with Crippen LogP contribution in [0.4, 0.5) is 5.69 Å². The molecular weight excluding hydrogens is 304 g/mol. The number of hydrogen-bond donors (Lipinski definition) is 2. The second kappa shape index (κ2) is 6.25. The van der Waals surface area contributed by atoms with Crippen LogP contribution in [0.5, 0.6) is 0 Å². The van der Waals surface area contributed by atoms with E-state index < -0.39 is 0 Å². The van der Waals surface area contributed by atoms with Crippen molar-refractivity contribution in [2.24, 2.45) is 0 Å². The van der Waals surface area contributed by atoms with Crippen LogP contribution in [0.25, 0.3) is 0 Å². The summed E-state index contributed by atoms with van der Waals surface area (Å²) in [7, 11) is 0. The number of nitrogens with one attached hydrogen (secondary N) is 1. The highest BCUT2D eigenvalue weighted by Gasteiger charge is 2.31. The Bertz CT molecular complexity index is 405. The van der Waals surface area contributed by atoms with Gasteiger partial charge in [0.05, 0.1) is 0 Å². The summed E-state index contributed by atoms with van der Waals surface area (Å²) in [4.78, 5) is 2.46. The molecule has 1 aliphatic heterocycles. The van der Waals surface area contributed by atoms with Crippen LogP contribution in [-0.4, -0.2) is 36.4 Å². The maximum atomic E-state index is 9.17. The van der Waals surface area contributed by atoms with Gasteiger partial charge in [-0.2, -0.15) is 0 Å². The topological polar surface area (TPSA) is 35.5 Å². The minimum Gasteiger partial charge on any atom is -0.396 e. The smallest absolute Gasteiger partial charge is 0.0446 e. The fraction of sp³-hybridized carbons (Fsp3) is 0.600. The largest absolute Gasteiger partial charge is 0.396 e. The Kier molecular flexibility index (Phi) is 4.87. The lowest BCUT2D eigenvalue weighted by Gasteiger charge is -2.40. The van der Waals surface area contributed by atoms with E-state index in [1.807, 2.05) is 0 Å². The van der Waals surface area contributed by atoms with E-state index in [1.54, 1.807) is 0 Å². The zero-order chi connectivity index (χ0) is 13.9. The van der Waals surface area contributed by atoms with Crippen molar-refractivity contribution in [3.05, 3.63) is 28.7 Å². The predicted octanol–water partition coefficient (Wildman–Crippen LogP) is 2.78. The lowest BCUT2D eigenvalue weighted by Crippen LogP contribution is -2.47. The van der Waals surface area contributed by atoms with Gasteiger partial charge in [0.25, 0.3) is 0 Å². The molecule has 0 aromatic heterocycles. The van der Waals surface area contributed by atoms with Crippen molar-refractivity contribution >= 4 is 21.6 Å². The fourth-order valence-electron chi connectivity index (χ4n) is 2.67. The van der Waals surface area contributed by atoms with Gasteiger partial charge in [-0.15, -0.1) is 0 Å². The number of rotatable bonds is 3. The molecule has 1 aliphatic rings. The van der Waals surface area contributed by atoms with Crippen molar-refractivity contribution in [3.8, 4) is 0 Å². The van der Waals surface area contributed by atoms with Crippen LogP contribution >= 0.6 is 15.9 Å². The van der Waals surface area contributed by atoms with Crippen LogP contribution in [0.15, 0.2) is 28.7 Å². The van der Waals surface area contributed by atoms with Gasteiger partial charge < -0.3 is 15.3 Å². The molecule has 106 valence electrons. The highest BCUT2D eigenvalue weighted by atomic mass is 79.9. The molecule has 19 heavy (non-hydrogen) atoms. The summed E-state index contributed by atoms with van der Waals surface area (Å²) in [5.41, 5.74) is 1.38. The second-order valence-corrected chi connectivity index (χ2v) is 6.73. The summed E-state index contributed by atoms with van der Waals surface area (Å²) in [6.07, 6.45) is 1.91. The maximum Gasteiger partial charge on any atom is 0.0446 e. The maximum absolute atomic E-state index is 9.17. The first-order valence-electron chi connectivity index (χ1n) is 6.90. The number of hydrogen-bond acceptors (Lipinski definition) is 3. The Morgan fingerprint density at radius 2 is 2.05 bits per heavy atom. The van der Waals surface area contributed by atoms with Gasteiger partial charge in [-0.1, -0.05) is 15.9 Å². The van der Waals surface area contributed by atoms with Gasteiger partial charge in [-0.25, -0.2) is 0 Å². The normalized spacial score (nSPS) is 23.2. The van der Waals surface area contributed by atoms with Crippen LogP contribution in [0.3, 0.4) is 0 Å². The molecular formula is C15H23BrN2O. The highest BCUT2D eigenvalue weighted by Crippen LogP contribution is 2.29. The SMILES string of the molecule is CC1(C)CCNC(CCO)CN1c1ccc(Br)cc1. The minimum absolute atomic E-state index is 0.130. The molecule has 1 fully saturated rings. The van der Waals surface area contributed by atoms with Crippen molar-refractivity contribution < 1.29 is 5.11 Å². The molecule has 0 saturated carbocycles. The predicted molar refractivity (Wildman–Crippen MR) is 83.7 cm³/mol. The number of aliphatic hydroxyl groups excluding tert-OH is 1. The van der Waals surface area contributed by atoms with Gasteiger partial charge in [0, 0.05) is 34.9 Å². The van der Waals surface area contributed by atoms with Gasteiger partial charge in [0.15, 0.2) is 0 Å². The molecule has 2 N–H and O–H groups in total. The van der Waals surface area contributed by atoms with Gasteiger partial charge >= 0.3 is 0 Å². The van der Waals surface area contributed by atoms with E-state index in [9.17, 15) is 0 Å². The van der Waals surface area contributed by atoms with Crippen molar-refractivity contribution in [2.75, 3.05) is 24.6 Å². The zero-order valence-corrected chi connectivity index (χ0v) is 13.3. The standard InChI is InChI=1S/C15H23BrN2O/c1-15(2)8-9-17-13(7-10-19)11-18(15)14-5-3-12(16)4-6-14/h3-6,13,17,19H,7-11H2,1-2H3. The molecule has 1 aromatic carbocycles. The molecule has 1 aromatic rings. The molecule has 0 spiro atoms. The van der Waals surface area contributed by atoms with Crippen LogP contribution in [0.1, 0.15) is 26.7 Å². The first-order chi connectivity index (χ1) is 9.03. The first kappa shape index (κ1) is 14.8. The molecule has 1 saturated heterocycles. The Hall–Kier alpha value is -0.580. The van der Waals surface area contributed by atoms with E-state index in [1.165, 1.54) is 5.69 Å². The third kappa shape index (κ3) is 3.71. The van der Waals surface area contributed by atoms with Crippen LogP contribution in [0, 0.1) is 0 Å². The average molecular weight is 327 g/mol. The quantitative estimate of drug-likeness (QED) is 0.896. The summed E-state index contributed by atoms with van der Waals surface area (Å²) < 4.78 is 1.11. The van der Waals surface area contributed by atoms with Crippen molar-refractivity contribution in [3.63, 3.8) is 0 Å². The number of aliphatic hydroxyl groups is 1. The highest BCUT2D eigenvalue weighted by molar-refractivity contribution is 9.10. The molecule has 4 heteroatoms. The van der Waals surface area contributed by atoms with E-state index in [0.29, 0.717) is 6.04 Å².